The highest BCUT2D eigenvalue weighted by Crippen LogP contribution is 2.30. The number of carbonyl (C=O) groups is 1. The predicted molar refractivity (Wildman–Crippen MR) is 99.3 cm³/mol. The highest BCUT2D eigenvalue weighted by atomic mass is 79.9. The maximum Gasteiger partial charge on any atom is 0.346 e. The second-order valence-electron chi connectivity index (χ2n) is 4.83. The lowest BCUT2D eigenvalue weighted by molar-refractivity contribution is -0.107. The Bertz CT molecular complexity index is 714. The van der Waals surface area contributed by atoms with Crippen LogP contribution in [0.5, 0.6) is 0 Å². The quantitative estimate of drug-likeness (QED) is 0.410. The number of nitrogens with one attached hydrogen (secondary N) is 1. The zero-order chi connectivity index (χ0) is 17.7. The third-order valence-corrected chi connectivity index (χ3v) is 4.92. The highest BCUT2D eigenvalue weighted by molar-refractivity contribution is 9.10. The van der Waals surface area contributed by atoms with Gasteiger partial charge >= 0.3 is 5.16 Å². The molecular formula is C15H18BrN5O2S. The van der Waals surface area contributed by atoms with E-state index in [2.05, 4.69) is 31.2 Å². The summed E-state index contributed by atoms with van der Waals surface area (Å²) in [5, 5.41) is 3.02. The van der Waals surface area contributed by atoms with Crippen LogP contribution in [0.3, 0.4) is 0 Å². The summed E-state index contributed by atoms with van der Waals surface area (Å²) in [5.41, 5.74) is 7.28. The predicted octanol–water partition coefficient (Wildman–Crippen LogP) is 2.15. The minimum absolute atomic E-state index is 0.117. The number of nitrogen functional groups attached to an aromatic ring is 1. The van der Waals surface area contributed by atoms with Crippen molar-refractivity contribution in [3.63, 3.8) is 0 Å². The molecule has 0 aliphatic rings. The topological polar surface area (TPSA) is 107 Å². The van der Waals surface area contributed by atoms with Gasteiger partial charge in [0, 0.05) is 22.7 Å². The first-order chi connectivity index (χ1) is 11.5. The maximum absolute atomic E-state index is 12.0. The van der Waals surface area contributed by atoms with Crippen molar-refractivity contribution in [2.45, 2.75) is 18.6 Å². The molecule has 0 aliphatic carbocycles. The molecule has 0 aliphatic heterocycles. The molecule has 9 heteroatoms. The summed E-state index contributed by atoms with van der Waals surface area (Å²) in [7, 11) is 1.66. The van der Waals surface area contributed by atoms with Crippen LogP contribution < -0.4 is 16.0 Å². The second kappa shape index (κ2) is 8.32. The molecule has 1 aromatic heterocycles. The van der Waals surface area contributed by atoms with E-state index in [1.807, 2.05) is 24.3 Å². The van der Waals surface area contributed by atoms with Crippen LogP contribution in [-0.2, 0) is 22.5 Å². The van der Waals surface area contributed by atoms with E-state index in [4.69, 9.17) is 5.73 Å². The molecule has 1 heterocycles. The van der Waals surface area contributed by atoms with Crippen molar-refractivity contribution in [2.24, 2.45) is 0 Å². The van der Waals surface area contributed by atoms with Gasteiger partial charge < -0.3 is 15.6 Å². The van der Waals surface area contributed by atoms with Crippen LogP contribution in [0.4, 0.5) is 17.3 Å². The van der Waals surface area contributed by atoms with Crippen LogP contribution in [0.15, 0.2) is 33.9 Å². The Kier molecular flexibility index (Phi) is 6.41. The molecule has 0 bridgehead atoms. The molecule has 0 spiro atoms. The normalized spacial score (nSPS) is 11.8. The van der Waals surface area contributed by atoms with Crippen LogP contribution in [0.2, 0.25) is 0 Å². The summed E-state index contributed by atoms with van der Waals surface area (Å²) in [6.45, 7) is 2.07. The van der Waals surface area contributed by atoms with Gasteiger partial charge in [0.05, 0.1) is 6.54 Å². The third kappa shape index (κ3) is 4.16. The van der Waals surface area contributed by atoms with Crippen molar-refractivity contribution in [2.75, 3.05) is 28.8 Å². The number of carbonyl (C=O) groups excluding carboxylic acids is 1. The molecule has 0 saturated carbocycles. The first-order valence-electron chi connectivity index (χ1n) is 7.20. The monoisotopic (exact) mass is 411 g/mol. The SMILES string of the molecule is CC[S+]([O-])c1nc(N)c(NC)c(N(C=O)Cc2ccc(Br)cc2)n1. The number of hydrogen-bond acceptors (Lipinski definition) is 6. The first-order valence-corrected chi connectivity index (χ1v) is 9.31. The Morgan fingerprint density at radius 1 is 1.38 bits per heavy atom. The van der Waals surface area contributed by atoms with E-state index in [0.717, 1.165) is 10.0 Å². The fourth-order valence-corrected chi connectivity index (χ4v) is 2.98. The number of rotatable bonds is 7. The van der Waals surface area contributed by atoms with Crippen LogP contribution in [-0.4, -0.2) is 33.7 Å². The lowest BCUT2D eigenvalue weighted by atomic mass is 10.2. The molecule has 1 amide bonds. The number of halogens is 1. The van der Waals surface area contributed by atoms with Crippen LogP contribution in [0, 0.1) is 0 Å². The maximum atomic E-state index is 12.0. The van der Waals surface area contributed by atoms with Gasteiger partial charge in [-0.05, 0) is 24.6 Å². The van der Waals surface area contributed by atoms with E-state index in [1.54, 1.807) is 14.0 Å². The Balaban J connectivity index is 2.43. The molecule has 2 rings (SSSR count). The highest BCUT2D eigenvalue weighted by Gasteiger charge is 2.22. The second-order valence-corrected chi connectivity index (χ2v) is 7.38. The molecule has 1 unspecified atom stereocenters. The molecular weight excluding hydrogens is 394 g/mol. The molecule has 7 nitrogen and oxygen atoms in total. The molecule has 1 atom stereocenters. The summed E-state index contributed by atoms with van der Waals surface area (Å²) < 4.78 is 13.0. The van der Waals surface area contributed by atoms with Crippen molar-refractivity contribution < 1.29 is 9.35 Å². The Hall–Kier alpha value is -1.84. The average molecular weight is 412 g/mol. The Labute approximate surface area is 152 Å². The van der Waals surface area contributed by atoms with Gasteiger partial charge in [-0.1, -0.05) is 28.1 Å². The summed E-state index contributed by atoms with van der Waals surface area (Å²) in [4.78, 5) is 21.4. The van der Waals surface area contributed by atoms with Crippen molar-refractivity contribution >= 4 is 50.8 Å². The van der Waals surface area contributed by atoms with Crippen molar-refractivity contribution in [3.05, 3.63) is 34.3 Å². The number of aromatic nitrogens is 2. The Morgan fingerprint density at radius 3 is 2.58 bits per heavy atom. The molecule has 1 aromatic carbocycles. The van der Waals surface area contributed by atoms with Crippen molar-refractivity contribution in [1.29, 1.82) is 0 Å². The minimum atomic E-state index is -1.37. The van der Waals surface area contributed by atoms with Crippen LogP contribution in [0.1, 0.15) is 12.5 Å². The lowest BCUT2D eigenvalue weighted by Crippen LogP contribution is -2.25. The average Bonchev–Trinajstić information content (AvgIpc) is 2.59. The summed E-state index contributed by atoms with van der Waals surface area (Å²) in [6, 6.07) is 7.58. The molecule has 0 saturated heterocycles. The van der Waals surface area contributed by atoms with E-state index >= 15 is 0 Å². The Morgan fingerprint density at radius 2 is 2.04 bits per heavy atom. The number of nitrogens with zero attached hydrogens (tertiary/aromatic N) is 3. The van der Waals surface area contributed by atoms with Crippen LogP contribution in [0.25, 0.3) is 0 Å². The van der Waals surface area contributed by atoms with Gasteiger partial charge in [-0.15, -0.1) is 0 Å². The minimum Gasteiger partial charge on any atom is -0.609 e. The fourth-order valence-electron chi connectivity index (χ4n) is 2.07. The lowest BCUT2D eigenvalue weighted by Gasteiger charge is -2.21. The molecule has 2 aromatic rings. The van der Waals surface area contributed by atoms with Gasteiger partial charge in [0.2, 0.25) is 6.41 Å². The zero-order valence-electron chi connectivity index (χ0n) is 13.3. The van der Waals surface area contributed by atoms with Gasteiger partial charge in [0.15, 0.2) is 11.6 Å². The van der Waals surface area contributed by atoms with Crippen LogP contribution >= 0.6 is 15.9 Å². The smallest absolute Gasteiger partial charge is 0.346 e. The van der Waals surface area contributed by atoms with Gasteiger partial charge in [-0.2, -0.15) is 9.97 Å². The number of amides is 1. The standard InChI is InChI=1S/C15H18BrN5O2S/c1-3-24(23)15-19-13(17)12(18-2)14(20-15)21(9-22)8-10-4-6-11(16)7-5-10/h4-7,9,18H,3,8H2,1-2H3,(H2,17,19,20). The summed E-state index contributed by atoms with van der Waals surface area (Å²) >= 11 is 2.01. The fraction of sp³-hybridized carbons (Fsp3) is 0.267. The number of nitrogens with two attached hydrogens (primary N) is 1. The van der Waals surface area contributed by atoms with E-state index in [0.29, 0.717) is 30.2 Å². The molecule has 128 valence electrons. The number of anilines is 3. The third-order valence-electron chi connectivity index (χ3n) is 3.28. The number of hydrogen-bond donors (Lipinski definition) is 2. The first kappa shape index (κ1) is 18.5. The molecule has 24 heavy (non-hydrogen) atoms. The van der Waals surface area contributed by atoms with E-state index in [1.165, 1.54) is 4.90 Å². The summed E-state index contributed by atoms with van der Waals surface area (Å²) in [6.07, 6.45) is 0.670. The van der Waals surface area contributed by atoms with Gasteiger partial charge in [-0.25, -0.2) is 0 Å². The number of benzene rings is 1. The van der Waals surface area contributed by atoms with E-state index in [9.17, 15) is 9.35 Å². The zero-order valence-corrected chi connectivity index (χ0v) is 15.7. The molecule has 3 N–H and O–H groups in total. The van der Waals surface area contributed by atoms with E-state index < -0.39 is 11.2 Å². The van der Waals surface area contributed by atoms with Crippen molar-refractivity contribution in [1.82, 2.24) is 9.97 Å². The van der Waals surface area contributed by atoms with Gasteiger partial charge in [-0.3, -0.25) is 9.69 Å². The largest absolute Gasteiger partial charge is 0.609 e. The van der Waals surface area contributed by atoms with Gasteiger partial charge in [0.25, 0.3) is 0 Å². The summed E-state index contributed by atoms with van der Waals surface area (Å²) in [5.74, 6) is 0.827. The van der Waals surface area contributed by atoms with Gasteiger partial charge in [0.1, 0.15) is 11.4 Å². The molecule has 0 fully saturated rings. The van der Waals surface area contributed by atoms with Crippen molar-refractivity contribution in [3.8, 4) is 0 Å². The molecule has 0 radical (unpaired) electrons. The van der Waals surface area contributed by atoms with E-state index in [-0.39, 0.29) is 11.0 Å².